The number of halogens is 1. The zero-order chi connectivity index (χ0) is 10.4. The number of aryl methyl sites for hydroxylation is 1. The van der Waals surface area contributed by atoms with Crippen LogP contribution >= 0.6 is 11.6 Å². The van der Waals surface area contributed by atoms with Crippen LogP contribution in [0.15, 0.2) is 24.3 Å². The summed E-state index contributed by atoms with van der Waals surface area (Å²) in [5.74, 6) is 0. The van der Waals surface area contributed by atoms with Gasteiger partial charge in [0.25, 0.3) is 0 Å². The zero-order valence-corrected chi connectivity index (χ0v) is 9.17. The van der Waals surface area contributed by atoms with Gasteiger partial charge in [0.2, 0.25) is 0 Å². The van der Waals surface area contributed by atoms with Crippen molar-refractivity contribution in [2.45, 2.75) is 25.4 Å². The van der Waals surface area contributed by atoms with Crippen LogP contribution < -0.4 is 5.73 Å². The van der Waals surface area contributed by atoms with Crippen molar-refractivity contribution < 1.29 is 0 Å². The Labute approximate surface area is 93.6 Å². The predicted octanol–water partition coefficient (Wildman–Crippen LogP) is 3.09. The lowest BCUT2D eigenvalue weighted by molar-refractivity contribution is 0.425. The van der Waals surface area contributed by atoms with Gasteiger partial charge in [0.05, 0.1) is 11.7 Å². The fourth-order valence-corrected chi connectivity index (χ4v) is 2.70. The van der Waals surface area contributed by atoms with E-state index < -0.39 is 0 Å². The summed E-state index contributed by atoms with van der Waals surface area (Å²) in [4.78, 5) is 0. The van der Waals surface area contributed by atoms with E-state index >= 15 is 0 Å². The highest BCUT2D eigenvalue weighted by molar-refractivity contribution is 6.35. The van der Waals surface area contributed by atoms with E-state index in [4.69, 9.17) is 17.3 Å². The lowest BCUT2D eigenvalue weighted by atomic mass is 10.1. The molecule has 0 bridgehead atoms. The van der Waals surface area contributed by atoms with Gasteiger partial charge in [-0.2, -0.15) is 0 Å². The summed E-state index contributed by atoms with van der Waals surface area (Å²) in [5.41, 5.74) is 8.61. The lowest BCUT2D eigenvalue weighted by Crippen LogP contribution is -2.24. The summed E-state index contributed by atoms with van der Waals surface area (Å²) >= 11 is 6.17. The second kappa shape index (κ2) is 3.26. The number of aromatic nitrogens is 1. The summed E-state index contributed by atoms with van der Waals surface area (Å²) in [7, 11) is 0. The minimum absolute atomic E-state index is 0.115. The molecule has 0 spiro atoms. The van der Waals surface area contributed by atoms with E-state index in [9.17, 15) is 0 Å². The summed E-state index contributed by atoms with van der Waals surface area (Å²) < 4.78 is 2.23. The fraction of sp³-hybridized carbons (Fsp3) is 0.333. The first-order valence-corrected chi connectivity index (χ1v) is 5.69. The van der Waals surface area contributed by atoms with Crippen molar-refractivity contribution >= 4 is 22.5 Å². The van der Waals surface area contributed by atoms with E-state index in [0.29, 0.717) is 0 Å². The van der Waals surface area contributed by atoms with E-state index in [2.05, 4.69) is 16.7 Å². The van der Waals surface area contributed by atoms with E-state index in [0.717, 1.165) is 23.3 Å². The van der Waals surface area contributed by atoms with Gasteiger partial charge >= 0.3 is 0 Å². The molecule has 15 heavy (non-hydrogen) atoms. The normalized spacial score (nSPS) is 20.5. The number of nitrogens with zero attached hydrogens (tertiary/aromatic N) is 1. The van der Waals surface area contributed by atoms with Gasteiger partial charge in [0.1, 0.15) is 0 Å². The van der Waals surface area contributed by atoms with Crippen LogP contribution in [0.2, 0.25) is 5.02 Å². The van der Waals surface area contributed by atoms with Crippen LogP contribution in [-0.4, -0.2) is 4.57 Å². The maximum atomic E-state index is 6.17. The first-order chi connectivity index (χ1) is 7.27. The van der Waals surface area contributed by atoms with Gasteiger partial charge in [0, 0.05) is 16.1 Å². The number of benzene rings is 1. The molecule has 1 aromatic heterocycles. The summed E-state index contributed by atoms with van der Waals surface area (Å²) in [5, 5.41) is 1.95. The highest BCUT2D eigenvalue weighted by Crippen LogP contribution is 2.32. The third-order valence-electron chi connectivity index (χ3n) is 3.17. The van der Waals surface area contributed by atoms with Crippen molar-refractivity contribution in [3.8, 4) is 0 Å². The van der Waals surface area contributed by atoms with Gasteiger partial charge in [-0.25, -0.2) is 0 Å². The Bertz CT molecular complexity index is 516. The lowest BCUT2D eigenvalue weighted by Gasteiger charge is -2.23. The van der Waals surface area contributed by atoms with Gasteiger partial charge in [0.15, 0.2) is 0 Å². The third-order valence-corrected chi connectivity index (χ3v) is 3.50. The molecule has 0 radical (unpaired) electrons. The van der Waals surface area contributed by atoms with Crippen molar-refractivity contribution in [1.29, 1.82) is 0 Å². The molecular formula is C12H13ClN2. The highest BCUT2D eigenvalue weighted by atomic mass is 35.5. The van der Waals surface area contributed by atoms with Crippen LogP contribution in [-0.2, 0) is 6.42 Å². The minimum Gasteiger partial charge on any atom is -0.329 e. The van der Waals surface area contributed by atoms with Gasteiger partial charge in [-0.3, -0.25) is 0 Å². The minimum atomic E-state index is 0.115. The highest BCUT2D eigenvalue weighted by Gasteiger charge is 2.19. The van der Waals surface area contributed by atoms with Crippen LogP contribution in [0.25, 0.3) is 10.9 Å². The van der Waals surface area contributed by atoms with Gasteiger partial charge in [-0.05, 0) is 37.5 Å². The molecule has 1 aliphatic heterocycles. The Balaban J connectivity index is 2.36. The van der Waals surface area contributed by atoms with Gasteiger partial charge < -0.3 is 10.3 Å². The monoisotopic (exact) mass is 220 g/mol. The zero-order valence-electron chi connectivity index (χ0n) is 8.41. The Morgan fingerprint density at radius 3 is 3.13 bits per heavy atom. The average molecular weight is 221 g/mol. The molecule has 3 heteroatoms. The molecule has 1 unspecified atom stereocenters. The van der Waals surface area contributed by atoms with E-state index in [1.165, 1.54) is 17.6 Å². The van der Waals surface area contributed by atoms with Crippen LogP contribution in [0.5, 0.6) is 0 Å². The Morgan fingerprint density at radius 2 is 2.27 bits per heavy atom. The molecule has 2 aromatic rings. The van der Waals surface area contributed by atoms with E-state index in [1.54, 1.807) is 0 Å². The van der Waals surface area contributed by atoms with Crippen LogP contribution in [0.3, 0.4) is 0 Å². The first-order valence-electron chi connectivity index (χ1n) is 5.31. The quantitative estimate of drug-likeness (QED) is 0.727. The summed E-state index contributed by atoms with van der Waals surface area (Å²) in [6.45, 7) is 0. The molecule has 1 aromatic carbocycles. The SMILES string of the molecule is NC1CCCc2cc3c(Cl)cccc3n21. The summed E-state index contributed by atoms with van der Waals surface area (Å²) in [6, 6.07) is 8.19. The smallest absolute Gasteiger partial charge is 0.0817 e. The molecule has 0 aliphatic carbocycles. The molecular weight excluding hydrogens is 208 g/mol. The molecule has 1 aliphatic rings. The Hall–Kier alpha value is -0.990. The molecule has 2 N–H and O–H groups in total. The van der Waals surface area contributed by atoms with Crippen LogP contribution in [0, 0.1) is 0 Å². The number of nitrogens with two attached hydrogens (primary N) is 1. The topological polar surface area (TPSA) is 30.9 Å². The van der Waals surface area contributed by atoms with E-state index in [-0.39, 0.29) is 6.17 Å². The first kappa shape index (κ1) is 9.25. The second-order valence-electron chi connectivity index (χ2n) is 4.14. The summed E-state index contributed by atoms with van der Waals surface area (Å²) in [6.07, 6.45) is 3.46. The molecule has 2 heterocycles. The standard InChI is InChI=1S/C12H13ClN2/c13-10-4-2-5-11-9(10)7-8-3-1-6-12(14)15(8)11/h2,4-5,7,12H,1,3,6,14H2. The van der Waals surface area contributed by atoms with Crippen LogP contribution in [0.4, 0.5) is 0 Å². The maximum Gasteiger partial charge on any atom is 0.0817 e. The number of rotatable bonds is 0. The molecule has 78 valence electrons. The fourth-order valence-electron chi connectivity index (χ4n) is 2.48. The molecule has 0 fully saturated rings. The van der Waals surface area contributed by atoms with Crippen molar-refractivity contribution in [2.75, 3.05) is 0 Å². The van der Waals surface area contributed by atoms with E-state index in [1.807, 2.05) is 12.1 Å². The number of fused-ring (bicyclic) bond motifs is 3. The maximum absolute atomic E-state index is 6.17. The Kier molecular flexibility index (Phi) is 2.01. The predicted molar refractivity (Wildman–Crippen MR) is 63.1 cm³/mol. The van der Waals surface area contributed by atoms with Crippen molar-refractivity contribution in [2.24, 2.45) is 5.73 Å². The Morgan fingerprint density at radius 1 is 1.40 bits per heavy atom. The third kappa shape index (κ3) is 1.29. The molecule has 2 nitrogen and oxygen atoms in total. The number of hydrogen-bond acceptors (Lipinski definition) is 1. The van der Waals surface area contributed by atoms with Crippen molar-refractivity contribution in [3.05, 3.63) is 35.0 Å². The second-order valence-corrected chi connectivity index (χ2v) is 4.55. The van der Waals surface area contributed by atoms with Gasteiger partial charge in [-0.1, -0.05) is 17.7 Å². The van der Waals surface area contributed by atoms with Crippen LogP contribution in [0.1, 0.15) is 24.7 Å². The molecule has 0 saturated carbocycles. The average Bonchev–Trinajstić information content (AvgIpc) is 2.59. The molecule has 3 rings (SSSR count). The van der Waals surface area contributed by atoms with Gasteiger partial charge in [-0.15, -0.1) is 0 Å². The van der Waals surface area contributed by atoms with Crippen molar-refractivity contribution in [1.82, 2.24) is 4.57 Å². The number of hydrogen-bond donors (Lipinski definition) is 1. The largest absolute Gasteiger partial charge is 0.329 e. The van der Waals surface area contributed by atoms with Crippen molar-refractivity contribution in [3.63, 3.8) is 0 Å². The molecule has 0 amide bonds. The molecule has 1 atom stereocenters. The molecule has 0 saturated heterocycles.